The maximum Gasteiger partial charge on any atom is 0.232 e. The first-order valence-corrected chi connectivity index (χ1v) is 9.43. The van der Waals surface area contributed by atoms with Gasteiger partial charge in [0.25, 0.3) is 0 Å². The number of carbonyl (C=O) groups is 2. The first-order chi connectivity index (χ1) is 13.7. The van der Waals surface area contributed by atoms with Crippen LogP contribution >= 0.6 is 0 Å². The molecule has 2 aliphatic rings. The van der Waals surface area contributed by atoms with Crippen molar-refractivity contribution < 1.29 is 9.59 Å². The van der Waals surface area contributed by atoms with Gasteiger partial charge in [-0.1, -0.05) is 42.5 Å². The average Bonchev–Trinajstić information content (AvgIpc) is 3.19. The van der Waals surface area contributed by atoms with Crippen LogP contribution < -0.4 is 10.6 Å². The van der Waals surface area contributed by atoms with E-state index in [0.29, 0.717) is 12.8 Å². The maximum absolute atomic E-state index is 12.4. The summed E-state index contributed by atoms with van der Waals surface area (Å²) in [5, 5.41) is 5.88. The lowest BCUT2D eigenvalue weighted by molar-refractivity contribution is -0.117. The number of fused-ring (bicyclic) bond motifs is 2. The van der Waals surface area contributed by atoms with Crippen LogP contribution in [0.1, 0.15) is 34.4 Å². The highest BCUT2D eigenvalue weighted by Gasteiger charge is 2.32. The molecular formula is C23H19N3O2. The highest BCUT2D eigenvalue weighted by atomic mass is 16.2. The Hall–Kier alpha value is -3.47. The molecule has 28 heavy (non-hydrogen) atoms. The van der Waals surface area contributed by atoms with Gasteiger partial charge in [-0.2, -0.15) is 0 Å². The van der Waals surface area contributed by atoms with Gasteiger partial charge in [0.15, 0.2) is 0 Å². The first kappa shape index (κ1) is 16.7. The maximum atomic E-state index is 12.4. The standard InChI is InChI=1S/C23H19N3O2/c27-22-18(16-8-1-3-10-20(16)25-22)12-14-6-5-7-15(24-14)13-19-17-9-2-4-11-21(17)26-23(19)28/h1-11,18-19H,12-13H2,(H,25,27)(H,26,28). The van der Waals surface area contributed by atoms with Gasteiger partial charge in [-0.05, 0) is 35.4 Å². The Labute approximate surface area is 162 Å². The lowest BCUT2D eigenvalue weighted by Crippen LogP contribution is -2.17. The van der Waals surface area contributed by atoms with Crippen LogP contribution in [0.4, 0.5) is 11.4 Å². The van der Waals surface area contributed by atoms with Crippen molar-refractivity contribution >= 4 is 23.2 Å². The van der Waals surface area contributed by atoms with Crippen LogP contribution in [0.5, 0.6) is 0 Å². The minimum atomic E-state index is -0.227. The highest BCUT2D eigenvalue weighted by molar-refractivity contribution is 6.03. The zero-order valence-electron chi connectivity index (χ0n) is 15.2. The van der Waals surface area contributed by atoms with Crippen molar-refractivity contribution in [2.45, 2.75) is 24.7 Å². The second-order valence-corrected chi connectivity index (χ2v) is 7.29. The Morgan fingerprint density at radius 3 is 1.61 bits per heavy atom. The number of nitrogens with one attached hydrogen (secondary N) is 2. The molecule has 3 aromatic rings. The minimum absolute atomic E-state index is 0.0116. The lowest BCUT2D eigenvalue weighted by atomic mass is 9.94. The van der Waals surface area contributed by atoms with Crippen molar-refractivity contribution in [3.05, 3.63) is 89.2 Å². The number of nitrogens with zero attached hydrogens (tertiary/aromatic N) is 1. The third-order valence-corrected chi connectivity index (χ3v) is 5.51. The number of pyridine rings is 1. The molecule has 138 valence electrons. The van der Waals surface area contributed by atoms with E-state index in [-0.39, 0.29) is 23.7 Å². The molecule has 0 radical (unpaired) electrons. The molecule has 0 fully saturated rings. The summed E-state index contributed by atoms with van der Waals surface area (Å²) in [6, 6.07) is 21.4. The molecule has 0 saturated carbocycles. The molecule has 5 rings (SSSR count). The zero-order valence-corrected chi connectivity index (χ0v) is 15.2. The summed E-state index contributed by atoms with van der Waals surface area (Å²) in [5.74, 6) is -0.432. The second-order valence-electron chi connectivity index (χ2n) is 7.29. The number of anilines is 2. The van der Waals surface area contributed by atoms with E-state index >= 15 is 0 Å². The Morgan fingerprint density at radius 2 is 1.11 bits per heavy atom. The van der Waals surface area contributed by atoms with Gasteiger partial charge in [0.05, 0.1) is 11.8 Å². The Kier molecular flexibility index (Phi) is 3.93. The molecule has 3 heterocycles. The molecule has 2 aromatic carbocycles. The van der Waals surface area contributed by atoms with Gasteiger partial charge in [0, 0.05) is 35.6 Å². The number of para-hydroxylation sites is 2. The van der Waals surface area contributed by atoms with Crippen LogP contribution in [0.25, 0.3) is 0 Å². The molecule has 2 atom stereocenters. The number of amides is 2. The van der Waals surface area contributed by atoms with Crippen molar-refractivity contribution in [3.63, 3.8) is 0 Å². The van der Waals surface area contributed by atoms with Crippen molar-refractivity contribution in [3.8, 4) is 0 Å². The quantitative estimate of drug-likeness (QED) is 0.738. The fraction of sp³-hybridized carbons (Fsp3) is 0.174. The third-order valence-electron chi connectivity index (χ3n) is 5.51. The van der Waals surface area contributed by atoms with E-state index in [9.17, 15) is 9.59 Å². The Morgan fingerprint density at radius 1 is 0.643 bits per heavy atom. The van der Waals surface area contributed by atoms with Crippen LogP contribution in [0.15, 0.2) is 66.7 Å². The van der Waals surface area contributed by atoms with Crippen LogP contribution in [-0.4, -0.2) is 16.8 Å². The second kappa shape index (κ2) is 6.60. The van der Waals surface area contributed by atoms with Gasteiger partial charge < -0.3 is 10.6 Å². The zero-order chi connectivity index (χ0) is 19.1. The normalized spacial score (nSPS) is 19.7. The molecule has 5 heteroatoms. The van der Waals surface area contributed by atoms with E-state index in [1.54, 1.807) is 0 Å². The third kappa shape index (κ3) is 2.85. The minimum Gasteiger partial charge on any atom is -0.325 e. The highest BCUT2D eigenvalue weighted by Crippen LogP contribution is 2.35. The molecule has 0 saturated heterocycles. The first-order valence-electron chi connectivity index (χ1n) is 9.43. The van der Waals surface area contributed by atoms with E-state index in [1.807, 2.05) is 66.7 Å². The van der Waals surface area contributed by atoms with E-state index in [1.165, 1.54) is 0 Å². The van der Waals surface area contributed by atoms with Crippen molar-refractivity contribution in [2.75, 3.05) is 10.6 Å². The molecule has 1 aromatic heterocycles. The topological polar surface area (TPSA) is 71.1 Å². The number of rotatable bonds is 4. The molecule has 2 amide bonds. The molecule has 0 bridgehead atoms. The lowest BCUT2D eigenvalue weighted by Gasteiger charge is -2.12. The molecule has 5 nitrogen and oxygen atoms in total. The van der Waals surface area contributed by atoms with Crippen LogP contribution in [-0.2, 0) is 22.4 Å². The summed E-state index contributed by atoms with van der Waals surface area (Å²) in [5.41, 5.74) is 5.52. The summed E-state index contributed by atoms with van der Waals surface area (Å²) in [6.07, 6.45) is 1.09. The van der Waals surface area contributed by atoms with Crippen LogP contribution in [0, 0.1) is 0 Å². The van der Waals surface area contributed by atoms with E-state index in [2.05, 4.69) is 10.6 Å². The fourth-order valence-electron chi connectivity index (χ4n) is 4.13. The smallest absolute Gasteiger partial charge is 0.232 e. The SMILES string of the molecule is O=C1Nc2ccccc2C1Cc1cccc(CC2C(=O)Nc3ccccc32)n1. The molecule has 0 aliphatic carbocycles. The van der Waals surface area contributed by atoms with Gasteiger partial charge >= 0.3 is 0 Å². The van der Waals surface area contributed by atoms with Crippen molar-refractivity contribution in [1.29, 1.82) is 0 Å². The summed E-state index contributed by atoms with van der Waals surface area (Å²) in [6.45, 7) is 0. The van der Waals surface area contributed by atoms with Crippen molar-refractivity contribution in [2.24, 2.45) is 0 Å². The van der Waals surface area contributed by atoms with E-state index < -0.39 is 0 Å². The van der Waals surface area contributed by atoms with E-state index in [4.69, 9.17) is 4.98 Å². The number of hydrogen-bond acceptors (Lipinski definition) is 3. The van der Waals surface area contributed by atoms with Gasteiger partial charge in [0.2, 0.25) is 11.8 Å². The van der Waals surface area contributed by atoms with Gasteiger partial charge in [0.1, 0.15) is 0 Å². The van der Waals surface area contributed by atoms with Crippen LogP contribution in [0.3, 0.4) is 0 Å². The average molecular weight is 369 g/mol. The number of hydrogen-bond donors (Lipinski definition) is 2. The molecule has 2 unspecified atom stereocenters. The predicted octanol–water partition coefficient (Wildman–Crippen LogP) is 3.64. The van der Waals surface area contributed by atoms with Crippen molar-refractivity contribution in [1.82, 2.24) is 4.98 Å². The summed E-state index contributed by atoms with van der Waals surface area (Å²) in [4.78, 5) is 29.5. The predicted molar refractivity (Wildman–Crippen MR) is 107 cm³/mol. The summed E-state index contributed by atoms with van der Waals surface area (Å²) in [7, 11) is 0. The fourth-order valence-corrected chi connectivity index (χ4v) is 4.13. The molecular weight excluding hydrogens is 350 g/mol. The van der Waals surface area contributed by atoms with Gasteiger partial charge in [-0.15, -0.1) is 0 Å². The van der Waals surface area contributed by atoms with Gasteiger partial charge in [-0.3, -0.25) is 14.6 Å². The van der Waals surface area contributed by atoms with E-state index in [0.717, 1.165) is 33.9 Å². The molecule has 2 N–H and O–H groups in total. The van der Waals surface area contributed by atoms with Crippen LogP contribution in [0.2, 0.25) is 0 Å². The summed E-state index contributed by atoms with van der Waals surface area (Å²) >= 11 is 0. The number of benzene rings is 2. The summed E-state index contributed by atoms with van der Waals surface area (Å²) < 4.78 is 0. The van der Waals surface area contributed by atoms with Gasteiger partial charge in [-0.25, -0.2) is 0 Å². The monoisotopic (exact) mass is 369 g/mol. The largest absolute Gasteiger partial charge is 0.325 e. The Balaban J connectivity index is 1.38. The number of aromatic nitrogens is 1. The number of carbonyl (C=O) groups excluding carboxylic acids is 2. The molecule has 2 aliphatic heterocycles. The molecule has 0 spiro atoms. The Bertz CT molecular complexity index is 1010.